The van der Waals surface area contributed by atoms with Gasteiger partial charge in [0.15, 0.2) is 0 Å². The van der Waals surface area contributed by atoms with Crippen molar-refractivity contribution >= 4 is 11.5 Å². The minimum atomic E-state index is -2.67. The van der Waals surface area contributed by atoms with Crippen LogP contribution in [0.3, 0.4) is 0 Å². The highest BCUT2D eigenvalue weighted by atomic mass is 19.3. The highest BCUT2D eigenvalue weighted by Crippen LogP contribution is 2.31. The largest absolute Gasteiger partial charge is 0.411 e. The first-order valence-corrected chi connectivity index (χ1v) is 5.30. The fourth-order valence-corrected chi connectivity index (χ4v) is 1.90. The first-order valence-electron chi connectivity index (χ1n) is 5.30. The summed E-state index contributed by atoms with van der Waals surface area (Å²) >= 11 is 0. The monoisotopic (exact) mass is 241 g/mol. The van der Waals surface area contributed by atoms with Crippen LogP contribution in [0.4, 0.5) is 14.6 Å². The summed E-state index contributed by atoms with van der Waals surface area (Å²) in [5.41, 5.74) is 0.941. The number of anilines is 1. The van der Waals surface area contributed by atoms with Gasteiger partial charge < -0.3 is 10.1 Å². The van der Waals surface area contributed by atoms with Gasteiger partial charge in [-0.2, -0.15) is 0 Å². The van der Waals surface area contributed by atoms with Gasteiger partial charge in [0, 0.05) is 24.7 Å². The predicted octanol–water partition coefficient (Wildman–Crippen LogP) is 2.13. The maximum absolute atomic E-state index is 13.1. The van der Waals surface area contributed by atoms with E-state index >= 15 is 0 Å². The SMILES string of the molecule is CC(=NO)c1cccnc1N1CCC(F)(F)C1. The molecule has 0 spiro atoms. The van der Waals surface area contributed by atoms with Gasteiger partial charge in [-0.3, -0.25) is 0 Å². The van der Waals surface area contributed by atoms with Crippen molar-refractivity contribution in [2.45, 2.75) is 19.3 Å². The van der Waals surface area contributed by atoms with E-state index in [1.807, 2.05) is 0 Å². The molecule has 1 aromatic rings. The van der Waals surface area contributed by atoms with Crippen LogP contribution in [0.25, 0.3) is 0 Å². The van der Waals surface area contributed by atoms with E-state index in [4.69, 9.17) is 5.21 Å². The van der Waals surface area contributed by atoms with Crippen molar-refractivity contribution in [3.05, 3.63) is 23.9 Å². The molecular formula is C11H13F2N3O. The van der Waals surface area contributed by atoms with Crippen molar-refractivity contribution in [2.75, 3.05) is 18.0 Å². The third kappa shape index (κ3) is 2.35. The van der Waals surface area contributed by atoms with Crippen molar-refractivity contribution < 1.29 is 14.0 Å². The van der Waals surface area contributed by atoms with E-state index in [0.29, 0.717) is 17.1 Å². The topological polar surface area (TPSA) is 48.7 Å². The maximum atomic E-state index is 13.1. The second kappa shape index (κ2) is 4.27. The summed E-state index contributed by atoms with van der Waals surface area (Å²) in [5.74, 6) is -2.22. The van der Waals surface area contributed by atoms with Gasteiger partial charge in [0.1, 0.15) is 5.82 Å². The normalized spacial score (nSPS) is 19.7. The summed E-state index contributed by atoms with van der Waals surface area (Å²) < 4.78 is 26.3. The molecule has 0 saturated carbocycles. The molecule has 0 aromatic carbocycles. The van der Waals surface area contributed by atoms with Crippen LogP contribution < -0.4 is 4.90 Å². The Morgan fingerprint density at radius 1 is 1.59 bits per heavy atom. The molecule has 2 heterocycles. The fraction of sp³-hybridized carbons (Fsp3) is 0.455. The van der Waals surface area contributed by atoms with E-state index in [0.717, 1.165) is 0 Å². The van der Waals surface area contributed by atoms with Crippen molar-refractivity contribution in [3.8, 4) is 0 Å². The Morgan fingerprint density at radius 2 is 2.35 bits per heavy atom. The summed E-state index contributed by atoms with van der Waals surface area (Å²) in [6, 6.07) is 3.38. The molecule has 0 amide bonds. The highest BCUT2D eigenvalue weighted by molar-refractivity contribution is 6.02. The molecule has 1 aromatic heterocycles. The average Bonchev–Trinajstić information content (AvgIpc) is 2.68. The van der Waals surface area contributed by atoms with Crippen LogP contribution in [0, 0.1) is 0 Å². The zero-order chi connectivity index (χ0) is 12.5. The number of aromatic nitrogens is 1. The Bertz CT molecular complexity index is 448. The summed E-state index contributed by atoms with van der Waals surface area (Å²) in [5, 5.41) is 11.8. The van der Waals surface area contributed by atoms with Crippen LogP contribution in [0.5, 0.6) is 0 Å². The van der Waals surface area contributed by atoms with E-state index in [-0.39, 0.29) is 19.5 Å². The smallest absolute Gasteiger partial charge is 0.266 e. The van der Waals surface area contributed by atoms with E-state index in [9.17, 15) is 8.78 Å². The van der Waals surface area contributed by atoms with Gasteiger partial charge in [0.05, 0.1) is 12.3 Å². The second-order valence-corrected chi connectivity index (χ2v) is 4.09. The quantitative estimate of drug-likeness (QED) is 0.490. The third-order valence-electron chi connectivity index (χ3n) is 2.80. The number of alkyl halides is 2. The van der Waals surface area contributed by atoms with Gasteiger partial charge in [0.25, 0.3) is 5.92 Å². The number of nitrogens with zero attached hydrogens (tertiary/aromatic N) is 3. The molecule has 1 N–H and O–H groups in total. The van der Waals surface area contributed by atoms with Gasteiger partial charge in [-0.05, 0) is 19.1 Å². The lowest BCUT2D eigenvalue weighted by molar-refractivity contribution is 0.0256. The van der Waals surface area contributed by atoms with Crippen LogP contribution in [0.1, 0.15) is 18.9 Å². The van der Waals surface area contributed by atoms with Crippen molar-refractivity contribution in [3.63, 3.8) is 0 Å². The average molecular weight is 241 g/mol. The zero-order valence-electron chi connectivity index (χ0n) is 9.40. The molecule has 6 heteroatoms. The van der Waals surface area contributed by atoms with Gasteiger partial charge in [0.2, 0.25) is 0 Å². The molecule has 4 nitrogen and oxygen atoms in total. The van der Waals surface area contributed by atoms with Crippen molar-refractivity contribution in [2.24, 2.45) is 5.16 Å². The van der Waals surface area contributed by atoms with E-state index < -0.39 is 5.92 Å². The number of rotatable bonds is 2. The zero-order valence-corrected chi connectivity index (χ0v) is 9.40. The van der Waals surface area contributed by atoms with Gasteiger partial charge in [-0.25, -0.2) is 13.8 Å². The molecule has 0 radical (unpaired) electrons. The molecule has 1 aliphatic heterocycles. The molecule has 0 atom stereocenters. The number of hydrogen-bond donors (Lipinski definition) is 1. The molecule has 17 heavy (non-hydrogen) atoms. The van der Waals surface area contributed by atoms with E-state index in [1.54, 1.807) is 25.3 Å². The van der Waals surface area contributed by atoms with E-state index in [1.165, 1.54) is 4.90 Å². The van der Waals surface area contributed by atoms with Crippen LogP contribution in [-0.4, -0.2) is 34.9 Å². The van der Waals surface area contributed by atoms with Crippen LogP contribution >= 0.6 is 0 Å². The molecular weight excluding hydrogens is 228 g/mol. The number of hydrogen-bond acceptors (Lipinski definition) is 4. The van der Waals surface area contributed by atoms with Gasteiger partial charge in [-0.1, -0.05) is 5.16 Å². The van der Waals surface area contributed by atoms with Crippen LogP contribution in [-0.2, 0) is 0 Å². The number of oxime groups is 1. The van der Waals surface area contributed by atoms with Crippen LogP contribution in [0.2, 0.25) is 0 Å². The Kier molecular flexibility index (Phi) is 2.95. The summed E-state index contributed by atoms with van der Waals surface area (Å²) in [4.78, 5) is 5.61. The molecule has 0 bridgehead atoms. The fourth-order valence-electron chi connectivity index (χ4n) is 1.90. The molecule has 1 saturated heterocycles. The number of halogens is 2. The Hall–Kier alpha value is -1.72. The molecule has 1 fully saturated rings. The first kappa shape index (κ1) is 11.8. The Balaban J connectivity index is 2.33. The molecule has 2 rings (SSSR count). The van der Waals surface area contributed by atoms with E-state index in [2.05, 4.69) is 10.1 Å². The minimum Gasteiger partial charge on any atom is -0.411 e. The van der Waals surface area contributed by atoms with Crippen molar-refractivity contribution in [1.29, 1.82) is 0 Å². The maximum Gasteiger partial charge on any atom is 0.266 e. The minimum absolute atomic E-state index is 0.168. The lowest BCUT2D eigenvalue weighted by Gasteiger charge is -2.19. The molecule has 92 valence electrons. The molecule has 1 aliphatic rings. The number of pyridine rings is 1. The second-order valence-electron chi connectivity index (χ2n) is 4.09. The standard InChI is InChI=1S/C11H13F2N3O/c1-8(15-17)9-3-2-5-14-10(9)16-6-4-11(12,13)7-16/h2-3,5,17H,4,6-7H2,1H3. The third-order valence-corrected chi connectivity index (χ3v) is 2.80. The molecule has 0 aliphatic carbocycles. The van der Waals surface area contributed by atoms with Crippen LogP contribution in [0.15, 0.2) is 23.5 Å². The van der Waals surface area contributed by atoms with Crippen molar-refractivity contribution in [1.82, 2.24) is 4.98 Å². The predicted molar refractivity (Wildman–Crippen MR) is 60.0 cm³/mol. The van der Waals surface area contributed by atoms with Gasteiger partial charge >= 0.3 is 0 Å². The van der Waals surface area contributed by atoms with Gasteiger partial charge in [-0.15, -0.1) is 0 Å². The summed E-state index contributed by atoms with van der Waals surface area (Å²) in [6.45, 7) is 1.53. The highest BCUT2D eigenvalue weighted by Gasteiger charge is 2.39. The Morgan fingerprint density at radius 3 is 2.94 bits per heavy atom. The first-order chi connectivity index (χ1) is 8.03. The lowest BCUT2D eigenvalue weighted by Crippen LogP contribution is -2.27. The summed E-state index contributed by atoms with van der Waals surface area (Å²) in [6.07, 6.45) is 1.37. The molecule has 0 unspecified atom stereocenters. The lowest BCUT2D eigenvalue weighted by atomic mass is 10.1. The summed E-state index contributed by atoms with van der Waals surface area (Å²) in [7, 11) is 0. The Labute approximate surface area is 97.6 Å².